The molecule has 3 rings (SSSR count). The van der Waals surface area contributed by atoms with E-state index in [2.05, 4.69) is 27.0 Å². The molecule has 2 heterocycles. The van der Waals surface area contributed by atoms with Crippen LogP contribution in [0, 0.1) is 6.92 Å². The minimum atomic E-state index is 0.810. The molecule has 18 heavy (non-hydrogen) atoms. The summed E-state index contributed by atoms with van der Waals surface area (Å²) in [5, 5.41) is 0. The summed E-state index contributed by atoms with van der Waals surface area (Å²) in [6.45, 7) is 2.01. The second kappa shape index (κ2) is 4.14. The Labute approximate surface area is 113 Å². The lowest BCUT2D eigenvalue weighted by Crippen LogP contribution is -1.89. The van der Waals surface area contributed by atoms with E-state index in [1.54, 1.807) is 0 Å². The van der Waals surface area contributed by atoms with Gasteiger partial charge in [-0.15, -0.1) is 0 Å². The van der Waals surface area contributed by atoms with E-state index in [1.165, 1.54) is 0 Å². The van der Waals surface area contributed by atoms with Crippen molar-refractivity contribution in [3.63, 3.8) is 0 Å². The summed E-state index contributed by atoms with van der Waals surface area (Å²) < 4.78 is 3.04. The van der Waals surface area contributed by atoms with Gasteiger partial charge >= 0.3 is 0 Å². The molecule has 0 bridgehead atoms. The Balaban J connectivity index is 2.16. The predicted molar refractivity (Wildman–Crippen MR) is 77.5 cm³/mol. The Kier molecular flexibility index (Phi) is 2.59. The Morgan fingerprint density at radius 2 is 2.00 bits per heavy atom. The summed E-state index contributed by atoms with van der Waals surface area (Å²) in [6.07, 6.45) is 4.01. The molecule has 2 aromatic heterocycles. The van der Waals surface area contributed by atoms with Gasteiger partial charge < -0.3 is 10.1 Å². The topological polar surface area (TPSA) is 43.3 Å². The summed E-state index contributed by atoms with van der Waals surface area (Å²) in [4.78, 5) is 4.60. The van der Waals surface area contributed by atoms with Crippen molar-refractivity contribution in [2.45, 2.75) is 6.92 Å². The van der Waals surface area contributed by atoms with E-state index >= 15 is 0 Å². The van der Waals surface area contributed by atoms with Gasteiger partial charge in [-0.3, -0.25) is 0 Å². The van der Waals surface area contributed by atoms with Gasteiger partial charge in [0.25, 0.3) is 0 Å². The standard InChI is InChI=1S/C14H12BrN3/c1-9-6-10(2-4-12(9)16)13-8-18-7-11(15)3-5-14(18)17-13/h2-8H,16H2,1H3. The van der Waals surface area contributed by atoms with Gasteiger partial charge in [0.2, 0.25) is 0 Å². The van der Waals surface area contributed by atoms with Gasteiger partial charge in [0.05, 0.1) is 5.69 Å². The van der Waals surface area contributed by atoms with E-state index in [0.717, 1.165) is 32.6 Å². The highest BCUT2D eigenvalue weighted by molar-refractivity contribution is 9.10. The van der Waals surface area contributed by atoms with Crippen molar-refractivity contribution in [2.24, 2.45) is 0 Å². The molecule has 0 aliphatic rings. The Morgan fingerprint density at radius 1 is 1.17 bits per heavy atom. The van der Waals surface area contributed by atoms with Gasteiger partial charge in [-0.05, 0) is 52.7 Å². The van der Waals surface area contributed by atoms with E-state index in [-0.39, 0.29) is 0 Å². The van der Waals surface area contributed by atoms with Crippen molar-refractivity contribution in [3.05, 3.63) is 52.8 Å². The summed E-state index contributed by atoms with van der Waals surface area (Å²) in [7, 11) is 0. The number of hydrogen-bond donors (Lipinski definition) is 1. The fourth-order valence-corrected chi connectivity index (χ4v) is 2.29. The van der Waals surface area contributed by atoms with Crippen LogP contribution in [0.2, 0.25) is 0 Å². The van der Waals surface area contributed by atoms with Crippen LogP contribution >= 0.6 is 15.9 Å². The number of nitrogens with two attached hydrogens (primary N) is 1. The summed E-state index contributed by atoms with van der Waals surface area (Å²) >= 11 is 3.45. The molecule has 1 aromatic carbocycles. The molecule has 4 heteroatoms. The quantitative estimate of drug-likeness (QED) is 0.697. The molecule has 0 radical (unpaired) electrons. The zero-order valence-electron chi connectivity index (χ0n) is 9.89. The average molecular weight is 302 g/mol. The number of pyridine rings is 1. The van der Waals surface area contributed by atoms with E-state index in [0.29, 0.717) is 0 Å². The number of hydrogen-bond acceptors (Lipinski definition) is 2. The van der Waals surface area contributed by atoms with E-state index < -0.39 is 0 Å². The highest BCUT2D eigenvalue weighted by Gasteiger charge is 2.05. The fraction of sp³-hybridized carbons (Fsp3) is 0.0714. The van der Waals surface area contributed by atoms with Gasteiger partial charge in [0.15, 0.2) is 0 Å². The molecule has 3 nitrogen and oxygen atoms in total. The lowest BCUT2D eigenvalue weighted by Gasteiger charge is -2.01. The zero-order valence-corrected chi connectivity index (χ0v) is 11.5. The maximum atomic E-state index is 5.83. The van der Waals surface area contributed by atoms with Crippen molar-refractivity contribution in [2.75, 3.05) is 5.73 Å². The minimum Gasteiger partial charge on any atom is -0.399 e. The van der Waals surface area contributed by atoms with E-state index in [9.17, 15) is 0 Å². The second-order valence-electron chi connectivity index (χ2n) is 4.31. The normalized spacial score (nSPS) is 11.0. The third-order valence-electron chi connectivity index (χ3n) is 2.98. The predicted octanol–water partition coefficient (Wildman–Crippen LogP) is 3.65. The van der Waals surface area contributed by atoms with Crippen LogP contribution in [0.1, 0.15) is 5.56 Å². The molecule has 2 N–H and O–H groups in total. The first-order valence-corrected chi connectivity index (χ1v) is 6.43. The number of aryl methyl sites for hydroxylation is 1. The van der Waals surface area contributed by atoms with Gasteiger partial charge in [0.1, 0.15) is 5.65 Å². The number of benzene rings is 1. The minimum absolute atomic E-state index is 0.810. The molecule has 0 unspecified atom stereocenters. The first-order valence-electron chi connectivity index (χ1n) is 5.64. The van der Waals surface area contributed by atoms with Crippen molar-refractivity contribution >= 4 is 27.3 Å². The Hall–Kier alpha value is -1.81. The first kappa shape index (κ1) is 11.3. The molecule has 0 atom stereocenters. The highest BCUT2D eigenvalue weighted by atomic mass is 79.9. The summed E-state index contributed by atoms with van der Waals surface area (Å²) in [6, 6.07) is 9.95. The summed E-state index contributed by atoms with van der Waals surface area (Å²) in [5.41, 5.74) is 10.7. The number of rotatable bonds is 1. The molecular formula is C14H12BrN3. The third-order valence-corrected chi connectivity index (χ3v) is 3.45. The van der Waals surface area contributed by atoms with Crippen LogP contribution in [0.15, 0.2) is 47.2 Å². The highest BCUT2D eigenvalue weighted by Crippen LogP contribution is 2.23. The maximum Gasteiger partial charge on any atom is 0.137 e. The number of imidazole rings is 1. The summed E-state index contributed by atoms with van der Waals surface area (Å²) in [5.74, 6) is 0. The molecule has 0 amide bonds. The van der Waals surface area contributed by atoms with E-state index in [1.807, 2.05) is 48.0 Å². The number of halogens is 1. The molecular weight excluding hydrogens is 290 g/mol. The van der Waals surface area contributed by atoms with Crippen LogP contribution in [0.3, 0.4) is 0 Å². The number of nitrogens with zero attached hydrogens (tertiary/aromatic N) is 2. The van der Waals surface area contributed by atoms with Crippen LogP contribution in [-0.4, -0.2) is 9.38 Å². The van der Waals surface area contributed by atoms with Crippen molar-refractivity contribution in [3.8, 4) is 11.3 Å². The SMILES string of the molecule is Cc1cc(-c2cn3cc(Br)ccc3n2)ccc1N. The molecule has 0 spiro atoms. The Bertz CT molecular complexity index is 731. The second-order valence-corrected chi connectivity index (χ2v) is 5.23. The molecule has 0 saturated carbocycles. The lowest BCUT2D eigenvalue weighted by atomic mass is 10.1. The van der Waals surface area contributed by atoms with Crippen LogP contribution in [0.25, 0.3) is 16.9 Å². The van der Waals surface area contributed by atoms with Crippen molar-refractivity contribution < 1.29 is 0 Å². The number of anilines is 1. The van der Waals surface area contributed by atoms with Crippen LogP contribution < -0.4 is 5.73 Å². The smallest absolute Gasteiger partial charge is 0.137 e. The van der Waals surface area contributed by atoms with E-state index in [4.69, 9.17) is 5.73 Å². The fourth-order valence-electron chi connectivity index (χ4n) is 1.94. The molecule has 0 aliphatic carbocycles. The van der Waals surface area contributed by atoms with Gasteiger partial charge in [-0.1, -0.05) is 6.07 Å². The number of nitrogen functional groups attached to an aromatic ring is 1. The molecule has 3 aromatic rings. The zero-order chi connectivity index (χ0) is 12.7. The lowest BCUT2D eigenvalue weighted by molar-refractivity contribution is 1.17. The van der Waals surface area contributed by atoms with Gasteiger partial charge in [-0.2, -0.15) is 0 Å². The van der Waals surface area contributed by atoms with Crippen LogP contribution in [-0.2, 0) is 0 Å². The average Bonchev–Trinajstić information content (AvgIpc) is 2.75. The van der Waals surface area contributed by atoms with Gasteiger partial charge in [0, 0.05) is 28.1 Å². The molecule has 0 fully saturated rings. The van der Waals surface area contributed by atoms with Crippen molar-refractivity contribution in [1.29, 1.82) is 0 Å². The molecule has 90 valence electrons. The largest absolute Gasteiger partial charge is 0.399 e. The third kappa shape index (κ3) is 1.88. The first-order chi connectivity index (χ1) is 8.63. The Morgan fingerprint density at radius 3 is 2.78 bits per heavy atom. The van der Waals surface area contributed by atoms with Crippen LogP contribution in [0.4, 0.5) is 5.69 Å². The van der Waals surface area contributed by atoms with Crippen molar-refractivity contribution in [1.82, 2.24) is 9.38 Å². The molecule has 0 aliphatic heterocycles. The van der Waals surface area contributed by atoms with Gasteiger partial charge in [-0.25, -0.2) is 4.98 Å². The maximum absolute atomic E-state index is 5.83. The monoisotopic (exact) mass is 301 g/mol. The molecule has 0 saturated heterocycles. The number of aromatic nitrogens is 2. The van der Waals surface area contributed by atoms with Crippen LogP contribution in [0.5, 0.6) is 0 Å². The number of fused-ring (bicyclic) bond motifs is 1.